The molecule has 0 atom stereocenters. The lowest BCUT2D eigenvalue weighted by Gasteiger charge is -2.39. The molecule has 0 bridgehead atoms. The topological polar surface area (TPSA) is 47.9 Å². The summed E-state index contributed by atoms with van der Waals surface area (Å²) in [6, 6.07) is 70.2. The summed E-state index contributed by atoms with van der Waals surface area (Å²) in [5, 5.41) is 0. The number of benzene rings is 8. The lowest BCUT2D eigenvalue weighted by molar-refractivity contribution is 0.436. The fourth-order valence-corrected chi connectivity index (χ4v) is 8.74. The molecule has 1 aliphatic heterocycles. The Morgan fingerprint density at radius 3 is 1.36 bits per heavy atom. The molecule has 4 nitrogen and oxygen atoms in total. The van der Waals surface area contributed by atoms with E-state index in [2.05, 4.69) is 133 Å². The fraction of sp³-hybridized carbons (Fsp3) is 0.0192. The third-order valence-corrected chi connectivity index (χ3v) is 11.2. The van der Waals surface area contributed by atoms with Crippen molar-refractivity contribution in [3.63, 3.8) is 0 Å². The molecule has 262 valence electrons. The predicted octanol–water partition coefficient (Wildman–Crippen LogP) is 12.7. The molecule has 2 aliphatic rings. The van der Waals surface area contributed by atoms with E-state index in [0.717, 1.165) is 56.0 Å². The number of aromatic nitrogens is 3. The van der Waals surface area contributed by atoms with Crippen molar-refractivity contribution in [3.05, 3.63) is 222 Å². The van der Waals surface area contributed by atoms with Gasteiger partial charge in [0.2, 0.25) is 0 Å². The number of fused-ring (bicyclic) bond motifs is 9. The largest absolute Gasteiger partial charge is 0.457 e. The van der Waals surface area contributed by atoms with Crippen molar-refractivity contribution in [2.24, 2.45) is 0 Å². The summed E-state index contributed by atoms with van der Waals surface area (Å²) in [4.78, 5) is 15.0. The summed E-state index contributed by atoms with van der Waals surface area (Å²) in [7, 11) is 0. The summed E-state index contributed by atoms with van der Waals surface area (Å²) in [5.74, 6) is 3.68. The second-order valence-corrected chi connectivity index (χ2v) is 14.3. The number of hydrogen-bond acceptors (Lipinski definition) is 4. The molecule has 0 radical (unpaired) electrons. The maximum atomic E-state index is 6.78. The van der Waals surface area contributed by atoms with Gasteiger partial charge in [0.15, 0.2) is 17.5 Å². The summed E-state index contributed by atoms with van der Waals surface area (Å²) in [5.41, 5.74) is 14.1. The van der Waals surface area contributed by atoms with Crippen molar-refractivity contribution < 1.29 is 4.74 Å². The van der Waals surface area contributed by atoms with Crippen molar-refractivity contribution in [2.75, 3.05) is 0 Å². The molecule has 4 heteroatoms. The van der Waals surface area contributed by atoms with Crippen LogP contribution >= 0.6 is 0 Å². The first-order valence-electron chi connectivity index (χ1n) is 18.9. The molecule has 0 amide bonds. The van der Waals surface area contributed by atoms with Crippen LogP contribution in [0.3, 0.4) is 0 Å². The number of ether oxygens (including phenoxy) is 1. The minimum Gasteiger partial charge on any atom is -0.457 e. The molecule has 0 unspecified atom stereocenters. The molecule has 1 aromatic heterocycles. The maximum absolute atomic E-state index is 6.78. The number of para-hydroxylation sites is 1. The van der Waals surface area contributed by atoms with Crippen LogP contribution in [0.5, 0.6) is 11.5 Å². The van der Waals surface area contributed by atoms with Crippen LogP contribution in [0.15, 0.2) is 200 Å². The molecule has 0 fully saturated rings. The van der Waals surface area contributed by atoms with Gasteiger partial charge in [0.25, 0.3) is 0 Å². The van der Waals surface area contributed by atoms with Crippen LogP contribution in [0.1, 0.15) is 22.3 Å². The van der Waals surface area contributed by atoms with Crippen LogP contribution < -0.4 is 4.74 Å². The summed E-state index contributed by atoms with van der Waals surface area (Å²) in [6.45, 7) is 0. The summed E-state index contributed by atoms with van der Waals surface area (Å²) in [6.07, 6.45) is 0. The highest BCUT2D eigenvalue weighted by molar-refractivity contribution is 5.89. The Labute approximate surface area is 325 Å². The third-order valence-electron chi connectivity index (χ3n) is 11.2. The van der Waals surface area contributed by atoms with Crippen LogP contribution in [0.2, 0.25) is 0 Å². The van der Waals surface area contributed by atoms with E-state index in [1.54, 1.807) is 0 Å². The zero-order chi connectivity index (χ0) is 37.1. The van der Waals surface area contributed by atoms with Crippen LogP contribution in [0.4, 0.5) is 0 Å². The molecule has 0 N–H and O–H groups in total. The highest BCUT2D eigenvalue weighted by atomic mass is 16.5. The van der Waals surface area contributed by atoms with Crippen molar-refractivity contribution in [3.8, 4) is 79.0 Å². The Kier molecular flexibility index (Phi) is 7.36. The molecule has 0 saturated heterocycles. The second-order valence-electron chi connectivity index (χ2n) is 14.3. The van der Waals surface area contributed by atoms with Crippen LogP contribution in [-0.2, 0) is 5.41 Å². The summed E-state index contributed by atoms with van der Waals surface area (Å²) < 4.78 is 6.78. The second kappa shape index (κ2) is 12.9. The first kappa shape index (κ1) is 32.0. The van der Waals surface area contributed by atoms with Gasteiger partial charge in [0.05, 0.1) is 5.41 Å². The number of rotatable bonds is 5. The Morgan fingerprint density at radius 2 is 0.732 bits per heavy atom. The van der Waals surface area contributed by atoms with Gasteiger partial charge in [0, 0.05) is 27.8 Å². The first-order valence-corrected chi connectivity index (χ1v) is 18.9. The van der Waals surface area contributed by atoms with E-state index < -0.39 is 5.41 Å². The third kappa shape index (κ3) is 4.96. The molecular weight excluding hydrogens is 683 g/mol. The number of nitrogens with zero attached hydrogens (tertiary/aromatic N) is 3. The van der Waals surface area contributed by atoms with Crippen LogP contribution in [0, 0.1) is 0 Å². The van der Waals surface area contributed by atoms with E-state index in [4.69, 9.17) is 19.7 Å². The van der Waals surface area contributed by atoms with Gasteiger partial charge in [0.1, 0.15) is 11.5 Å². The maximum Gasteiger partial charge on any atom is 0.164 e. The Morgan fingerprint density at radius 1 is 0.286 bits per heavy atom. The molecule has 2 heterocycles. The van der Waals surface area contributed by atoms with Crippen LogP contribution in [-0.4, -0.2) is 15.0 Å². The molecule has 0 saturated carbocycles. The smallest absolute Gasteiger partial charge is 0.164 e. The van der Waals surface area contributed by atoms with Gasteiger partial charge < -0.3 is 4.74 Å². The minimum absolute atomic E-state index is 0.473. The first-order chi connectivity index (χ1) is 27.8. The van der Waals surface area contributed by atoms with Gasteiger partial charge in [-0.1, -0.05) is 188 Å². The summed E-state index contributed by atoms with van der Waals surface area (Å²) >= 11 is 0. The SMILES string of the molecule is c1ccc(-c2nc(-c3ccccc3)nc(-c3ccccc3-c3ccc(-c4ccc5c(c4)Oc4ccccc4C54c5ccccc5-c5ccccc54)cc3)n2)cc1. The van der Waals surface area contributed by atoms with Gasteiger partial charge >= 0.3 is 0 Å². The average Bonchev–Trinajstić information content (AvgIpc) is 3.57. The highest BCUT2D eigenvalue weighted by Gasteiger charge is 2.50. The van der Waals surface area contributed by atoms with Gasteiger partial charge in [-0.2, -0.15) is 0 Å². The lowest BCUT2D eigenvalue weighted by Crippen LogP contribution is -2.32. The van der Waals surface area contributed by atoms with Crippen molar-refractivity contribution in [2.45, 2.75) is 5.41 Å². The van der Waals surface area contributed by atoms with E-state index in [0.29, 0.717) is 17.5 Å². The van der Waals surface area contributed by atoms with Crippen molar-refractivity contribution in [1.29, 1.82) is 0 Å². The van der Waals surface area contributed by atoms with Crippen molar-refractivity contribution in [1.82, 2.24) is 15.0 Å². The van der Waals surface area contributed by atoms with Crippen molar-refractivity contribution >= 4 is 0 Å². The predicted molar refractivity (Wildman–Crippen MR) is 224 cm³/mol. The molecular formula is C52H33N3O. The number of hydrogen-bond donors (Lipinski definition) is 0. The molecule has 11 rings (SSSR count). The van der Waals surface area contributed by atoms with E-state index in [-0.39, 0.29) is 0 Å². The van der Waals surface area contributed by atoms with E-state index >= 15 is 0 Å². The Bertz CT molecular complexity index is 2840. The zero-order valence-corrected chi connectivity index (χ0v) is 30.3. The van der Waals surface area contributed by atoms with Gasteiger partial charge in [-0.15, -0.1) is 0 Å². The van der Waals surface area contributed by atoms with E-state index in [1.165, 1.54) is 27.8 Å². The van der Waals surface area contributed by atoms with Gasteiger partial charge in [-0.3, -0.25) is 0 Å². The molecule has 1 spiro atoms. The molecule has 9 aromatic rings. The quantitative estimate of drug-likeness (QED) is 0.178. The van der Waals surface area contributed by atoms with Gasteiger partial charge in [-0.05, 0) is 56.6 Å². The Hall–Kier alpha value is -7.43. The molecule has 8 aromatic carbocycles. The minimum atomic E-state index is -0.473. The standard InChI is InChI=1S/C52H33N3O/c1-3-15-36(16-4-1)49-53-50(37-17-5-2-6-18-37)55-51(54-49)42-22-8-7-19-39(42)35-29-27-34(28-30-35)38-31-32-46-48(33-38)56-47-26-14-13-25-45(47)52(46)43-23-11-9-20-40(43)41-21-10-12-24-44(41)52/h1-33H. The zero-order valence-electron chi connectivity index (χ0n) is 30.3. The van der Waals surface area contributed by atoms with E-state index in [1.807, 2.05) is 66.7 Å². The normalized spacial score (nSPS) is 12.9. The lowest BCUT2D eigenvalue weighted by atomic mass is 9.66. The molecule has 1 aliphatic carbocycles. The Balaban J connectivity index is 0.997. The van der Waals surface area contributed by atoms with Gasteiger partial charge in [-0.25, -0.2) is 15.0 Å². The van der Waals surface area contributed by atoms with E-state index in [9.17, 15) is 0 Å². The monoisotopic (exact) mass is 715 g/mol. The van der Waals surface area contributed by atoms with Crippen LogP contribution in [0.25, 0.3) is 67.5 Å². The fourth-order valence-electron chi connectivity index (χ4n) is 8.74. The average molecular weight is 716 g/mol. The molecule has 56 heavy (non-hydrogen) atoms. The highest BCUT2D eigenvalue weighted by Crippen LogP contribution is 2.62.